The van der Waals surface area contributed by atoms with E-state index in [1.165, 1.54) is 42.5 Å². The number of amides is 1. The molecular formula is C22H19FN2O4S. The topological polar surface area (TPSA) is 84.5 Å². The van der Waals surface area contributed by atoms with Crippen LogP contribution in [0, 0.1) is 5.82 Å². The first-order chi connectivity index (χ1) is 14.4. The third-order valence-electron chi connectivity index (χ3n) is 4.03. The summed E-state index contributed by atoms with van der Waals surface area (Å²) in [6, 6.07) is 17.6. The van der Waals surface area contributed by atoms with Crippen LogP contribution in [0.25, 0.3) is 0 Å². The monoisotopic (exact) mass is 426 g/mol. The number of rotatable bonds is 8. The van der Waals surface area contributed by atoms with Crippen LogP contribution in [0.2, 0.25) is 0 Å². The Kier molecular flexibility index (Phi) is 6.48. The van der Waals surface area contributed by atoms with Gasteiger partial charge in [-0.3, -0.25) is 9.52 Å². The van der Waals surface area contributed by atoms with Crippen molar-refractivity contribution in [2.24, 2.45) is 0 Å². The highest BCUT2D eigenvalue weighted by atomic mass is 32.2. The van der Waals surface area contributed by atoms with Gasteiger partial charge in [0, 0.05) is 11.3 Å². The van der Waals surface area contributed by atoms with E-state index in [1.54, 1.807) is 30.3 Å². The normalized spacial score (nSPS) is 10.8. The molecule has 3 rings (SSSR count). The van der Waals surface area contributed by atoms with Crippen LogP contribution in [-0.2, 0) is 10.0 Å². The molecule has 0 atom stereocenters. The number of para-hydroxylation sites is 1. The number of hydrogen-bond acceptors (Lipinski definition) is 4. The minimum absolute atomic E-state index is 0.0625. The smallest absolute Gasteiger partial charge is 0.261 e. The Bertz CT molecular complexity index is 1140. The Hall–Kier alpha value is -3.65. The van der Waals surface area contributed by atoms with E-state index < -0.39 is 15.8 Å². The van der Waals surface area contributed by atoms with Crippen LogP contribution in [0.4, 0.5) is 15.8 Å². The van der Waals surface area contributed by atoms with Crippen LogP contribution >= 0.6 is 0 Å². The van der Waals surface area contributed by atoms with Crippen molar-refractivity contribution in [3.05, 3.63) is 96.8 Å². The summed E-state index contributed by atoms with van der Waals surface area (Å²) in [6.07, 6.45) is 1.62. The zero-order chi connectivity index (χ0) is 21.6. The quantitative estimate of drug-likeness (QED) is 0.522. The van der Waals surface area contributed by atoms with Crippen molar-refractivity contribution in [3.8, 4) is 5.75 Å². The third-order valence-corrected chi connectivity index (χ3v) is 5.41. The molecule has 0 saturated heterocycles. The summed E-state index contributed by atoms with van der Waals surface area (Å²) in [5.41, 5.74) is 0.686. The van der Waals surface area contributed by atoms with Crippen LogP contribution < -0.4 is 14.8 Å². The second-order valence-electron chi connectivity index (χ2n) is 6.19. The Morgan fingerprint density at radius 3 is 2.30 bits per heavy atom. The highest BCUT2D eigenvalue weighted by Gasteiger charge is 2.16. The molecule has 0 aliphatic rings. The fourth-order valence-corrected chi connectivity index (χ4v) is 3.59. The van der Waals surface area contributed by atoms with Crippen LogP contribution in [0.1, 0.15) is 10.4 Å². The standard InChI is InChI=1S/C22H19FN2O4S/c1-2-15-29-18-11-7-16(8-12-18)22(26)24-17-9-13-19(14-10-17)30(27,28)25-21-6-4-3-5-20(21)23/h2-14,25H,1,15H2,(H,24,26). The molecule has 0 unspecified atom stereocenters. The molecule has 154 valence electrons. The van der Waals surface area contributed by atoms with Gasteiger partial charge < -0.3 is 10.1 Å². The van der Waals surface area contributed by atoms with E-state index in [1.807, 2.05) is 0 Å². The number of nitrogens with one attached hydrogen (secondary N) is 2. The molecule has 0 aliphatic carbocycles. The molecule has 30 heavy (non-hydrogen) atoms. The van der Waals surface area contributed by atoms with Crippen LogP contribution in [0.3, 0.4) is 0 Å². The van der Waals surface area contributed by atoms with Gasteiger partial charge in [-0.25, -0.2) is 12.8 Å². The van der Waals surface area contributed by atoms with Crippen molar-refractivity contribution in [1.29, 1.82) is 0 Å². The van der Waals surface area contributed by atoms with Crippen LogP contribution in [-0.4, -0.2) is 20.9 Å². The van der Waals surface area contributed by atoms with E-state index in [0.717, 1.165) is 6.07 Å². The van der Waals surface area contributed by atoms with Gasteiger partial charge in [0.25, 0.3) is 15.9 Å². The Morgan fingerprint density at radius 2 is 1.67 bits per heavy atom. The molecule has 3 aromatic carbocycles. The first-order valence-electron chi connectivity index (χ1n) is 8.91. The lowest BCUT2D eigenvalue weighted by atomic mass is 10.2. The lowest BCUT2D eigenvalue weighted by Crippen LogP contribution is -2.15. The van der Waals surface area contributed by atoms with Gasteiger partial charge in [-0.1, -0.05) is 24.8 Å². The number of hydrogen-bond donors (Lipinski definition) is 2. The number of halogens is 1. The summed E-state index contributed by atoms with van der Waals surface area (Å²) in [4.78, 5) is 12.3. The number of carbonyl (C=O) groups excluding carboxylic acids is 1. The van der Waals surface area contributed by atoms with Crippen molar-refractivity contribution in [2.75, 3.05) is 16.6 Å². The molecule has 1 amide bonds. The second-order valence-corrected chi connectivity index (χ2v) is 7.87. The Morgan fingerprint density at radius 1 is 1.00 bits per heavy atom. The lowest BCUT2D eigenvalue weighted by Gasteiger charge is -2.10. The molecule has 0 fully saturated rings. The Balaban J connectivity index is 1.67. The van der Waals surface area contributed by atoms with Gasteiger partial charge in [0.2, 0.25) is 0 Å². The maximum Gasteiger partial charge on any atom is 0.261 e. The number of carbonyl (C=O) groups is 1. The van der Waals surface area contributed by atoms with Crippen LogP contribution in [0.5, 0.6) is 5.75 Å². The van der Waals surface area contributed by atoms with Gasteiger partial charge in [-0.05, 0) is 60.7 Å². The van der Waals surface area contributed by atoms with E-state index in [2.05, 4.69) is 16.6 Å². The van der Waals surface area contributed by atoms with Gasteiger partial charge >= 0.3 is 0 Å². The minimum atomic E-state index is -3.97. The molecule has 0 heterocycles. The number of sulfonamides is 1. The van der Waals surface area contributed by atoms with Gasteiger partial charge in [0.05, 0.1) is 10.6 Å². The van der Waals surface area contributed by atoms with Gasteiger partial charge in [-0.15, -0.1) is 0 Å². The number of ether oxygens (including phenoxy) is 1. The zero-order valence-corrected chi connectivity index (χ0v) is 16.7. The van der Waals surface area contributed by atoms with E-state index in [9.17, 15) is 17.6 Å². The van der Waals surface area contributed by atoms with Gasteiger partial charge in [0.15, 0.2) is 0 Å². The van der Waals surface area contributed by atoms with Crippen molar-refractivity contribution < 1.29 is 22.3 Å². The van der Waals surface area contributed by atoms with Crippen molar-refractivity contribution in [1.82, 2.24) is 0 Å². The predicted molar refractivity (Wildman–Crippen MR) is 114 cm³/mol. The van der Waals surface area contributed by atoms with E-state index in [0.29, 0.717) is 23.6 Å². The molecule has 0 aromatic heterocycles. The summed E-state index contributed by atoms with van der Waals surface area (Å²) >= 11 is 0. The fourth-order valence-electron chi connectivity index (χ4n) is 2.53. The highest BCUT2D eigenvalue weighted by molar-refractivity contribution is 7.92. The summed E-state index contributed by atoms with van der Waals surface area (Å²) < 4.78 is 46.1. The van der Waals surface area contributed by atoms with Crippen LogP contribution in [0.15, 0.2) is 90.3 Å². The van der Waals surface area contributed by atoms with Crippen molar-refractivity contribution in [2.45, 2.75) is 4.90 Å². The molecule has 0 aliphatic heterocycles. The third kappa shape index (κ3) is 5.24. The van der Waals surface area contributed by atoms with Crippen molar-refractivity contribution in [3.63, 3.8) is 0 Å². The maximum absolute atomic E-state index is 13.7. The van der Waals surface area contributed by atoms with E-state index >= 15 is 0 Å². The van der Waals surface area contributed by atoms with E-state index in [-0.39, 0.29) is 16.5 Å². The molecule has 0 spiro atoms. The largest absolute Gasteiger partial charge is 0.490 e. The molecule has 6 nitrogen and oxygen atoms in total. The average molecular weight is 426 g/mol. The fraction of sp³-hybridized carbons (Fsp3) is 0.0455. The first-order valence-corrected chi connectivity index (χ1v) is 10.4. The maximum atomic E-state index is 13.7. The number of benzene rings is 3. The van der Waals surface area contributed by atoms with Gasteiger partial charge in [-0.2, -0.15) is 0 Å². The molecule has 2 N–H and O–H groups in total. The zero-order valence-electron chi connectivity index (χ0n) is 15.8. The SMILES string of the molecule is C=CCOc1ccc(C(=O)Nc2ccc(S(=O)(=O)Nc3ccccc3F)cc2)cc1. The number of anilines is 2. The predicted octanol–water partition coefficient (Wildman–Crippen LogP) is 4.44. The molecule has 3 aromatic rings. The molecule has 8 heteroatoms. The highest BCUT2D eigenvalue weighted by Crippen LogP contribution is 2.21. The summed E-state index contributed by atoms with van der Waals surface area (Å²) in [7, 11) is -3.97. The average Bonchev–Trinajstić information content (AvgIpc) is 2.74. The lowest BCUT2D eigenvalue weighted by molar-refractivity contribution is 0.102. The summed E-state index contributed by atoms with van der Waals surface area (Å²) in [5.74, 6) is -0.417. The molecule has 0 radical (unpaired) electrons. The van der Waals surface area contributed by atoms with Gasteiger partial charge in [0.1, 0.15) is 18.2 Å². The molecule has 0 bridgehead atoms. The first kappa shape index (κ1) is 21.1. The molecular weight excluding hydrogens is 407 g/mol. The Labute approximate surface area is 174 Å². The van der Waals surface area contributed by atoms with E-state index in [4.69, 9.17) is 4.74 Å². The second kappa shape index (κ2) is 9.23. The summed E-state index contributed by atoms with van der Waals surface area (Å²) in [6.45, 7) is 3.93. The molecule has 0 saturated carbocycles. The van der Waals surface area contributed by atoms with Crippen molar-refractivity contribution >= 4 is 27.3 Å². The summed E-state index contributed by atoms with van der Waals surface area (Å²) in [5, 5.41) is 2.69. The minimum Gasteiger partial charge on any atom is -0.490 e.